The van der Waals surface area contributed by atoms with Gasteiger partial charge in [-0.1, -0.05) is 24.8 Å². The smallest absolute Gasteiger partial charge is 0.259 e. The van der Waals surface area contributed by atoms with E-state index in [0.29, 0.717) is 0 Å². The fourth-order valence-electron chi connectivity index (χ4n) is 2.53. The van der Waals surface area contributed by atoms with Crippen LogP contribution >= 0.6 is 0 Å². The van der Waals surface area contributed by atoms with Crippen LogP contribution in [0.25, 0.3) is 5.70 Å². The molecule has 82 valence electrons. The average Bonchev–Trinajstić information content (AvgIpc) is 2.49. The highest BCUT2D eigenvalue weighted by atomic mass is 16.2. The summed E-state index contributed by atoms with van der Waals surface area (Å²) < 4.78 is 0. The summed E-state index contributed by atoms with van der Waals surface area (Å²) in [6.07, 6.45) is 1.78. The van der Waals surface area contributed by atoms with Gasteiger partial charge in [-0.05, 0) is 18.9 Å². The Balaban J connectivity index is 1.96. The van der Waals surface area contributed by atoms with Crippen LogP contribution in [0, 0.1) is 0 Å². The lowest BCUT2D eigenvalue weighted by Crippen LogP contribution is -2.50. The van der Waals surface area contributed by atoms with Gasteiger partial charge in [0, 0.05) is 28.9 Å². The number of amides is 1. The van der Waals surface area contributed by atoms with Crippen LogP contribution in [0.4, 0.5) is 0 Å². The molecule has 1 aliphatic heterocycles. The third kappa shape index (κ3) is 1.15. The lowest BCUT2D eigenvalue weighted by Gasteiger charge is -2.39. The predicted molar refractivity (Wildman–Crippen MR) is 62.6 cm³/mol. The molecule has 3 rings (SSSR count). The van der Waals surface area contributed by atoms with Crippen molar-refractivity contribution in [1.82, 2.24) is 4.90 Å². The standard InChI is InChI=1S/C13H14N2O/c1-8-11-4-2-3-5-12(11)13(16)15(8)10-6-9(14)7-10/h2-5,9-10H,1,6-7,14H2. The first kappa shape index (κ1) is 9.60. The van der Waals surface area contributed by atoms with Crippen molar-refractivity contribution in [3.8, 4) is 0 Å². The number of nitrogens with zero attached hydrogens (tertiary/aromatic N) is 1. The van der Waals surface area contributed by atoms with Gasteiger partial charge in [0.1, 0.15) is 0 Å². The van der Waals surface area contributed by atoms with Gasteiger partial charge in [-0.15, -0.1) is 0 Å². The minimum Gasteiger partial charge on any atom is -0.328 e. The molecular formula is C13H14N2O. The maximum absolute atomic E-state index is 12.2. The van der Waals surface area contributed by atoms with E-state index in [1.54, 1.807) is 0 Å². The van der Waals surface area contributed by atoms with Gasteiger partial charge in [-0.25, -0.2) is 0 Å². The second kappa shape index (κ2) is 3.19. The fourth-order valence-corrected chi connectivity index (χ4v) is 2.53. The molecule has 3 nitrogen and oxygen atoms in total. The maximum Gasteiger partial charge on any atom is 0.259 e. The molecule has 0 bridgehead atoms. The van der Waals surface area contributed by atoms with Gasteiger partial charge in [0.25, 0.3) is 5.91 Å². The predicted octanol–water partition coefficient (Wildman–Crippen LogP) is 1.60. The molecule has 1 aromatic carbocycles. The van der Waals surface area contributed by atoms with Crippen LogP contribution in [-0.4, -0.2) is 22.9 Å². The number of carbonyl (C=O) groups is 1. The minimum atomic E-state index is 0.0810. The van der Waals surface area contributed by atoms with Crippen molar-refractivity contribution in [3.63, 3.8) is 0 Å². The van der Waals surface area contributed by atoms with Crippen LogP contribution in [0.2, 0.25) is 0 Å². The Bertz CT molecular complexity index is 440. The number of carbonyl (C=O) groups excluding carboxylic acids is 1. The van der Waals surface area contributed by atoms with E-state index in [2.05, 4.69) is 6.58 Å². The normalized spacial score (nSPS) is 27.9. The molecule has 0 saturated heterocycles. The molecule has 2 aliphatic rings. The van der Waals surface area contributed by atoms with E-state index in [1.165, 1.54) is 0 Å². The van der Waals surface area contributed by atoms with Crippen LogP contribution in [0.15, 0.2) is 30.8 Å². The molecule has 1 aliphatic carbocycles. The van der Waals surface area contributed by atoms with Crippen molar-refractivity contribution in [3.05, 3.63) is 42.0 Å². The lowest BCUT2D eigenvalue weighted by molar-refractivity contribution is 0.0725. The zero-order chi connectivity index (χ0) is 11.3. The van der Waals surface area contributed by atoms with E-state index in [4.69, 9.17) is 5.73 Å². The number of benzene rings is 1. The van der Waals surface area contributed by atoms with Crippen molar-refractivity contribution in [2.45, 2.75) is 24.9 Å². The highest BCUT2D eigenvalue weighted by molar-refractivity contribution is 6.09. The summed E-state index contributed by atoms with van der Waals surface area (Å²) in [6, 6.07) is 8.14. The summed E-state index contributed by atoms with van der Waals surface area (Å²) in [5, 5.41) is 0. The zero-order valence-corrected chi connectivity index (χ0v) is 9.02. The molecule has 0 spiro atoms. The first-order valence-corrected chi connectivity index (χ1v) is 5.56. The third-order valence-electron chi connectivity index (χ3n) is 3.49. The zero-order valence-electron chi connectivity index (χ0n) is 9.02. The minimum absolute atomic E-state index is 0.0810. The molecule has 1 saturated carbocycles. The molecule has 0 atom stereocenters. The van der Waals surface area contributed by atoms with Crippen LogP contribution < -0.4 is 5.73 Å². The monoisotopic (exact) mass is 214 g/mol. The fraction of sp³-hybridized carbons (Fsp3) is 0.308. The first-order valence-electron chi connectivity index (χ1n) is 5.56. The number of nitrogens with two attached hydrogens (primary N) is 1. The van der Waals surface area contributed by atoms with Gasteiger partial charge < -0.3 is 10.6 Å². The second-order valence-electron chi connectivity index (χ2n) is 4.55. The largest absolute Gasteiger partial charge is 0.328 e. The Labute approximate surface area is 94.5 Å². The molecule has 3 heteroatoms. The summed E-state index contributed by atoms with van der Waals surface area (Å²) in [6.45, 7) is 4.02. The third-order valence-corrected chi connectivity index (χ3v) is 3.49. The summed E-state index contributed by atoms with van der Waals surface area (Å²) in [5.74, 6) is 0.0810. The Hall–Kier alpha value is -1.61. The molecule has 0 radical (unpaired) electrons. The van der Waals surface area contributed by atoms with Gasteiger partial charge >= 0.3 is 0 Å². The molecule has 16 heavy (non-hydrogen) atoms. The first-order chi connectivity index (χ1) is 7.68. The number of hydrogen-bond acceptors (Lipinski definition) is 2. The van der Waals surface area contributed by atoms with Crippen LogP contribution in [0.3, 0.4) is 0 Å². The summed E-state index contributed by atoms with van der Waals surface area (Å²) in [4.78, 5) is 14.0. The van der Waals surface area contributed by atoms with Gasteiger partial charge in [0.05, 0.1) is 0 Å². The van der Waals surface area contributed by atoms with Gasteiger partial charge in [-0.2, -0.15) is 0 Å². The van der Waals surface area contributed by atoms with E-state index >= 15 is 0 Å². The molecule has 1 aromatic rings. The quantitative estimate of drug-likeness (QED) is 0.771. The van der Waals surface area contributed by atoms with E-state index in [1.807, 2.05) is 29.2 Å². The lowest BCUT2D eigenvalue weighted by atomic mass is 9.86. The molecular weight excluding hydrogens is 200 g/mol. The Morgan fingerprint density at radius 3 is 2.44 bits per heavy atom. The van der Waals surface area contributed by atoms with Gasteiger partial charge in [-0.3, -0.25) is 4.79 Å². The number of fused-ring (bicyclic) bond motifs is 1. The molecule has 0 aromatic heterocycles. The maximum atomic E-state index is 12.2. The van der Waals surface area contributed by atoms with E-state index in [9.17, 15) is 4.79 Å². The highest BCUT2D eigenvalue weighted by Crippen LogP contribution is 2.38. The summed E-state index contributed by atoms with van der Waals surface area (Å²) in [7, 11) is 0. The van der Waals surface area contributed by atoms with Crippen molar-refractivity contribution >= 4 is 11.6 Å². The highest BCUT2D eigenvalue weighted by Gasteiger charge is 2.40. The molecule has 1 heterocycles. The molecule has 1 amide bonds. The number of hydrogen-bond donors (Lipinski definition) is 1. The van der Waals surface area contributed by atoms with E-state index in [0.717, 1.165) is 29.7 Å². The molecule has 2 N–H and O–H groups in total. The van der Waals surface area contributed by atoms with Gasteiger partial charge in [0.15, 0.2) is 0 Å². The van der Waals surface area contributed by atoms with Crippen LogP contribution in [0.5, 0.6) is 0 Å². The summed E-state index contributed by atoms with van der Waals surface area (Å²) >= 11 is 0. The van der Waals surface area contributed by atoms with Crippen molar-refractivity contribution in [2.24, 2.45) is 5.73 Å². The van der Waals surface area contributed by atoms with Crippen molar-refractivity contribution in [2.75, 3.05) is 0 Å². The SMILES string of the molecule is C=C1c2ccccc2C(=O)N1C1CC(N)C1. The average molecular weight is 214 g/mol. The van der Waals surface area contributed by atoms with Crippen molar-refractivity contribution in [1.29, 1.82) is 0 Å². The van der Waals surface area contributed by atoms with E-state index in [-0.39, 0.29) is 18.0 Å². The topological polar surface area (TPSA) is 46.3 Å². The summed E-state index contributed by atoms with van der Waals surface area (Å²) in [5.41, 5.74) is 8.33. The molecule has 0 unspecified atom stereocenters. The Kier molecular flexibility index (Phi) is 1.91. The van der Waals surface area contributed by atoms with Crippen LogP contribution in [0.1, 0.15) is 28.8 Å². The Morgan fingerprint density at radius 2 is 1.88 bits per heavy atom. The number of rotatable bonds is 1. The second-order valence-corrected chi connectivity index (χ2v) is 4.55. The molecule has 1 fully saturated rings. The Morgan fingerprint density at radius 1 is 1.25 bits per heavy atom. The van der Waals surface area contributed by atoms with Gasteiger partial charge in [0.2, 0.25) is 0 Å². The van der Waals surface area contributed by atoms with Crippen molar-refractivity contribution < 1.29 is 4.79 Å². The van der Waals surface area contributed by atoms with Crippen LogP contribution in [-0.2, 0) is 0 Å². The van der Waals surface area contributed by atoms with E-state index < -0.39 is 0 Å².